The maximum absolute atomic E-state index is 5.84. The molecule has 1 unspecified atom stereocenters. The number of nitrogens with zero attached hydrogens (tertiary/aromatic N) is 5. The first-order valence-electron chi connectivity index (χ1n) is 8.52. The van der Waals surface area contributed by atoms with E-state index < -0.39 is 0 Å². The maximum atomic E-state index is 5.84. The number of hydrogen-bond donors (Lipinski definition) is 0. The molecule has 0 radical (unpaired) electrons. The molecular weight excluding hydrogens is 290 g/mol. The van der Waals surface area contributed by atoms with E-state index in [9.17, 15) is 0 Å². The molecule has 0 bridgehead atoms. The summed E-state index contributed by atoms with van der Waals surface area (Å²) in [5, 5.41) is 13.1. The summed E-state index contributed by atoms with van der Waals surface area (Å²) in [6.45, 7) is 5.00. The molecule has 4 heterocycles. The lowest BCUT2D eigenvalue weighted by Crippen LogP contribution is -2.38. The van der Waals surface area contributed by atoms with Crippen LogP contribution < -0.4 is 4.90 Å². The van der Waals surface area contributed by atoms with Gasteiger partial charge in [0.05, 0.1) is 11.8 Å². The molecule has 2 aromatic heterocycles. The highest BCUT2D eigenvalue weighted by molar-refractivity contribution is 5.40. The van der Waals surface area contributed by atoms with Gasteiger partial charge in [0.25, 0.3) is 0 Å². The zero-order valence-corrected chi connectivity index (χ0v) is 13.6. The number of hydrogen-bond acceptors (Lipinski definition) is 5. The zero-order valence-electron chi connectivity index (χ0n) is 13.6. The van der Waals surface area contributed by atoms with E-state index in [-0.39, 0.29) is 0 Å². The summed E-state index contributed by atoms with van der Waals surface area (Å²) in [5.74, 6) is 2.44. The standard InChI is InChI=1S/C17H23N5O/c1-13-6-11-22(20-13)17-5-4-16(18-19-17)21-9-7-14(8-10-21)15-3-2-12-23-15/h4-6,11,14-15H,2-3,7-10,12H2,1H3. The second kappa shape index (κ2) is 6.28. The van der Waals surface area contributed by atoms with Gasteiger partial charge in [-0.25, -0.2) is 4.68 Å². The largest absolute Gasteiger partial charge is 0.378 e. The number of anilines is 1. The first-order chi connectivity index (χ1) is 11.3. The van der Waals surface area contributed by atoms with Crippen LogP contribution in [0.25, 0.3) is 5.82 Å². The van der Waals surface area contributed by atoms with Crippen LogP contribution in [0.3, 0.4) is 0 Å². The first kappa shape index (κ1) is 14.6. The molecule has 1 atom stereocenters. The molecule has 0 spiro atoms. The third-order valence-electron chi connectivity index (χ3n) is 4.95. The molecule has 2 fully saturated rings. The molecule has 0 saturated carbocycles. The average Bonchev–Trinajstić information content (AvgIpc) is 3.27. The van der Waals surface area contributed by atoms with Crippen molar-refractivity contribution in [2.24, 2.45) is 5.92 Å². The van der Waals surface area contributed by atoms with E-state index in [1.54, 1.807) is 4.68 Å². The number of aromatic nitrogens is 4. The molecule has 0 aliphatic carbocycles. The molecule has 0 amide bonds. The topological polar surface area (TPSA) is 56.1 Å². The van der Waals surface area contributed by atoms with Gasteiger partial charge in [0.2, 0.25) is 0 Å². The number of piperidine rings is 1. The molecule has 4 rings (SSSR count). The summed E-state index contributed by atoms with van der Waals surface area (Å²) < 4.78 is 7.60. The Balaban J connectivity index is 1.39. The maximum Gasteiger partial charge on any atom is 0.175 e. The van der Waals surface area contributed by atoms with Gasteiger partial charge in [-0.3, -0.25) is 0 Å². The predicted molar refractivity (Wildman–Crippen MR) is 87.8 cm³/mol. The molecule has 0 N–H and O–H groups in total. The second-order valence-electron chi connectivity index (χ2n) is 6.53. The van der Waals surface area contributed by atoms with Crippen LogP contribution in [0.5, 0.6) is 0 Å². The summed E-state index contributed by atoms with van der Waals surface area (Å²) in [7, 11) is 0. The summed E-state index contributed by atoms with van der Waals surface area (Å²) in [6, 6.07) is 6.00. The van der Waals surface area contributed by atoms with Gasteiger partial charge in [0.15, 0.2) is 11.6 Å². The van der Waals surface area contributed by atoms with Crippen LogP contribution in [0, 0.1) is 12.8 Å². The Morgan fingerprint density at radius 2 is 1.83 bits per heavy atom. The third-order valence-corrected chi connectivity index (χ3v) is 4.95. The van der Waals surface area contributed by atoms with E-state index in [1.165, 1.54) is 25.7 Å². The van der Waals surface area contributed by atoms with Crippen LogP contribution in [0.2, 0.25) is 0 Å². The third kappa shape index (κ3) is 3.08. The van der Waals surface area contributed by atoms with E-state index in [1.807, 2.05) is 31.3 Å². The van der Waals surface area contributed by atoms with Gasteiger partial charge < -0.3 is 9.64 Å². The van der Waals surface area contributed by atoms with E-state index in [0.29, 0.717) is 12.0 Å². The smallest absolute Gasteiger partial charge is 0.175 e. The molecule has 6 nitrogen and oxygen atoms in total. The fourth-order valence-corrected chi connectivity index (χ4v) is 3.63. The van der Waals surface area contributed by atoms with Crippen molar-refractivity contribution in [3.8, 4) is 5.82 Å². The Kier molecular flexibility index (Phi) is 3.99. The van der Waals surface area contributed by atoms with E-state index in [0.717, 1.165) is 37.0 Å². The Morgan fingerprint density at radius 3 is 2.43 bits per heavy atom. The molecule has 6 heteroatoms. The Bertz CT molecular complexity index is 639. The van der Waals surface area contributed by atoms with Crippen molar-refractivity contribution in [2.75, 3.05) is 24.6 Å². The summed E-state index contributed by atoms with van der Waals surface area (Å²) in [5.41, 5.74) is 0.979. The number of rotatable bonds is 3. The van der Waals surface area contributed by atoms with Crippen LogP contribution in [0.4, 0.5) is 5.82 Å². The molecule has 2 aliphatic heterocycles. The van der Waals surface area contributed by atoms with Gasteiger partial charge in [-0.15, -0.1) is 10.2 Å². The van der Waals surface area contributed by atoms with Gasteiger partial charge in [-0.1, -0.05) is 0 Å². The average molecular weight is 313 g/mol. The highest BCUT2D eigenvalue weighted by Gasteiger charge is 2.29. The molecule has 2 saturated heterocycles. The molecule has 122 valence electrons. The van der Waals surface area contributed by atoms with Crippen molar-refractivity contribution in [1.82, 2.24) is 20.0 Å². The van der Waals surface area contributed by atoms with Gasteiger partial charge in [0.1, 0.15) is 0 Å². The number of aryl methyl sites for hydroxylation is 1. The normalized spacial score (nSPS) is 22.7. The van der Waals surface area contributed by atoms with Crippen molar-refractivity contribution in [1.29, 1.82) is 0 Å². The van der Waals surface area contributed by atoms with Gasteiger partial charge in [-0.05, 0) is 56.7 Å². The first-order valence-corrected chi connectivity index (χ1v) is 8.52. The van der Waals surface area contributed by atoms with E-state index in [4.69, 9.17) is 4.74 Å². The zero-order chi connectivity index (χ0) is 15.6. The van der Waals surface area contributed by atoms with Crippen molar-refractivity contribution in [2.45, 2.75) is 38.7 Å². The number of ether oxygens (including phenoxy) is 1. The fourth-order valence-electron chi connectivity index (χ4n) is 3.63. The van der Waals surface area contributed by atoms with Crippen LogP contribution in [0.1, 0.15) is 31.4 Å². The molecular formula is C17H23N5O. The van der Waals surface area contributed by atoms with Crippen LogP contribution in [-0.2, 0) is 4.74 Å². The van der Waals surface area contributed by atoms with Crippen LogP contribution in [-0.4, -0.2) is 45.8 Å². The highest BCUT2D eigenvalue weighted by atomic mass is 16.5. The summed E-state index contributed by atoms with van der Waals surface area (Å²) >= 11 is 0. The lowest BCUT2D eigenvalue weighted by atomic mass is 9.90. The molecule has 0 aromatic carbocycles. The quantitative estimate of drug-likeness (QED) is 0.871. The minimum atomic E-state index is 0.494. The minimum absolute atomic E-state index is 0.494. The van der Waals surface area contributed by atoms with Crippen molar-refractivity contribution < 1.29 is 4.74 Å². The van der Waals surface area contributed by atoms with Crippen molar-refractivity contribution in [3.63, 3.8) is 0 Å². The van der Waals surface area contributed by atoms with Gasteiger partial charge in [0, 0.05) is 25.9 Å². The summed E-state index contributed by atoms with van der Waals surface area (Å²) in [6.07, 6.45) is 7.24. The Morgan fingerprint density at radius 1 is 1.04 bits per heavy atom. The Hall–Kier alpha value is -1.95. The summed E-state index contributed by atoms with van der Waals surface area (Å²) in [4.78, 5) is 2.33. The van der Waals surface area contributed by atoms with E-state index in [2.05, 4.69) is 20.2 Å². The van der Waals surface area contributed by atoms with Crippen molar-refractivity contribution in [3.05, 3.63) is 30.1 Å². The van der Waals surface area contributed by atoms with Crippen molar-refractivity contribution >= 4 is 5.82 Å². The monoisotopic (exact) mass is 313 g/mol. The van der Waals surface area contributed by atoms with Crippen LogP contribution >= 0.6 is 0 Å². The highest BCUT2D eigenvalue weighted by Crippen LogP contribution is 2.30. The lowest BCUT2D eigenvalue weighted by Gasteiger charge is -2.34. The molecule has 2 aliphatic rings. The molecule has 2 aromatic rings. The second-order valence-corrected chi connectivity index (χ2v) is 6.53. The van der Waals surface area contributed by atoms with Gasteiger partial charge >= 0.3 is 0 Å². The Labute approximate surface area is 136 Å². The fraction of sp³-hybridized carbons (Fsp3) is 0.588. The molecule has 23 heavy (non-hydrogen) atoms. The minimum Gasteiger partial charge on any atom is -0.378 e. The lowest BCUT2D eigenvalue weighted by molar-refractivity contribution is 0.0531. The van der Waals surface area contributed by atoms with Crippen LogP contribution in [0.15, 0.2) is 24.4 Å². The van der Waals surface area contributed by atoms with E-state index >= 15 is 0 Å². The SMILES string of the molecule is Cc1ccn(-c2ccc(N3CCC(C4CCCO4)CC3)nn2)n1. The predicted octanol–water partition coefficient (Wildman–Crippen LogP) is 2.37. The van der Waals surface area contributed by atoms with Gasteiger partial charge in [-0.2, -0.15) is 5.10 Å².